The molecular formula is C26H22N2O6S. The number of imide groups is 1. The van der Waals surface area contributed by atoms with Gasteiger partial charge in [-0.05, 0) is 62.0 Å². The molecule has 0 saturated carbocycles. The molecule has 1 aliphatic rings. The zero-order chi connectivity index (χ0) is 24.9. The molecule has 178 valence electrons. The van der Waals surface area contributed by atoms with E-state index in [0.29, 0.717) is 29.4 Å². The second-order valence-electron chi connectivity index (χ2n) is 7.68. The van der Waals surface area contributed by atoms with Crippen LogP contribution >= 0.6 is 11.8 Å². The summed E-state index contributed by atoms with van der Waals surface area (Å²) in [5.74, 6) is -0.519. The van der Waals surface area contributed by atoms with Gasteiger partial charge in [-0.3, -0.25) is 19.3 Å². The summed E-state index contributed by atoms with van der Waals surface area (Å²) in [6, 6.07) is 17.3. The maximum absolute atomic E-state index is 12.7. The van der Waals surface area contributed by atoms with Crippen LogP contribution in [0.2, 0.25) is 0 Å². The number of nitrogens with one attached hydrogen (secondary N) is 1. The lowest BCUT2D eigenvalue weighted by molar-refractivity contribution is -0.127. The SMILES string of the molecule is CCOC(=O)c1ccc(-c2ccc(/C=C3\SC(=O)N(CC(=O)Nc4ccc(C)cc4)C3=O)o2)cc1. The Balaban J connectivity index is 1.42. The Hall–Kier alpha value is -4.11. The highest BCUT2D eigenvalue weighted by atomic mass is 32.2. The van der Waals surface area contributed by atoms with E-state index in [0.717, 1.165) is 27.8 Å². The van der Waals surface area contributed by atoms with Crippen molar-refractivity contribution in [3.8, 4) is 11.3 Å². The molecule has 2 aromatic carbocycles. The van der Waals surface area contributed by atoms with Gasteiger partial charge in [0.1, 0.15) is 18.1 Å². The predicted molar refractivity (Wildman–Crippen MR) is 133 cm³/mol. The molecule has 0 radical (unpaired) electrons. The molecule has 8 nitrogen and oxygen atoms in total. The Labute approximate surface area is 205 Å². The number of amides is 3. The number of esters is 1. The van der Waals surface area contributed by atoms with Crippen LogP contribution in [0.1, 0.15) is 28.6 Å². The van der Waals surface area contributed by atoms with Crippen LogP contribution < -0.4 is 5.32 Å². The molecule has 3 aromatic rings. The first-order chi connectivity index (χ1) is 16.8. The number of benzene rings is 2. The zero-order valence-electron chi connectivity index (χ0n) is 19.1. The lowest BCUT2D eigenvalue weighted by atomic mass is 10.1. The molecule has 0 bridgehead atoms. The summed E-state index contributed by atoms with van der Waals surface area (Å²) >= 11 is 0.749. The van der Waals surface area contributed by atoms with E-state index in [2.05, 4.69) is 5.32 Å². The van der Waals surface area contributed by atoms with Gasteiger partial charge in [-0.15, -0.1) is 0 Å². The molecule has 9 heteroatoms. The van der Waals surface area contributed by atoms with Crippen molar-refractivity contribution in [2.45, 2.75) is 13.8 Å². The van der Waals surface area contributed by atoms with Crippen LogP contribution in [0, 0.1) is 6.92 Å². The van der Waals surface area contributed by atoms with Crippen molar-refractivity contribution < 1.29 is 28.3 Å². The van der Waals surface area contributed by atoms with Gasteiger partial charge in [0, 0.05) is 17.3 Å². The van der Waals surface area contributed by atoms with Crippen molar-refractivity contribution in [2.75, 3.05) is 18.5 Å². The minimum absolute atomic E-state index is 0.164. The largest absolute Gasteiger partial charge is 0.462 e. The fraction of sp³-hybridized carbons (Fsp3) is 0.154. The Kier molecular flexibility index (Phi) is 7.17. The van der Waals surface area contributed by atoms with Crippen molar-refractivity contribution in [3.63, 3.8) is 0 Å². The van der Waals surface area contributed by atoms with E-state index in [1.165, 1.54) is 6.08 Å². The fourth-order valence-electron chi connectivity index (χ4n) is 3.32. The van der Waals surface area contributed by atoms with Gasteiger partial charge >= 0.3 is 5.97 Å². The molecule has 2 heterocycles. The number of furan rings is 1. The molecule has 1 N–H and O–H groups in total. The number of anilines is 1. The standard InChI is InChI=1S/C26H22N2O6S/c1-3-33-25(31)18-8-6-17(7-9-18)21-13-12-20(34-21)14-22-24(30)28(26(32)35-22)15-23(29)27-19-10-4-16(2)5-11-19/h4-14H,3,15H2,1-2H3,(H,27,29)/b22-14-. The lowest BCUT2D eigenvalue weighted by Crippen LogP contribution is -2.36. The summed E-state index contributed by atoms with van der Waals surface area (Å²) in [7, 11) is 0. The quantitative estimate of drug-likeness (QED) is 0.362. The maximum Gasteiger partial charge on any atom is 0.338 e. The molecule has 1 saturated heterocycles. The molecule has 1 aliphatic heterocycles. The van der Waals surface area contributed by atoms with Crippen LogP contribution in [0.5, 0.6) is 0 Å². The molecule has 1 fully saturated rings. The van der Waals surface area contributed by atoms with Gasteiger partial charge < -0.3 is 14.5 Å². The molecule has 3 amide bonds. The van der Waals surface area contributed by atoms with E-state index in [4.69, 9.17) is 9.15 Å². The number of ether oxygens (including phenoxy) is 1. The number of carbonyl (C=O) groups excluding carboxylic acids is 4. The van der Waals surface area contributed by atoms with Crippen LogP contribution in [-0.4, -0.2) is 41.1 Å². The minimum atomic E-state index is -0.559. The fourth-order valence-corrected chi connectivity index (χ4v) is 4.14. The second-order valence-corrected chi connectivity index (χ2v) is 8.68. The van der Waals surface area contributed by atoms with E-state index in [1.54, 1.807) is 55.5 Å². The summed E-state index contributed by atoms with van der Waals surface area (Å²) in [4.78, 5) is 50.3. The highest BCUT2D eigenvalue weighted by Crippen LogP contribution is 2.33. The van der Waals surface area contributed by atoms with Gasteiger partial charge in [0.05, 0.1) is 17.1 Å². The van der Waals surface area contributed by atoms with E-state index in [9.17, 15) is 19.2 Å². The average molecular weight is 491 g/mol. The second kappa shape index (κ2) is 10.4. The van der Waals surface area contributed by atoms with E-state index >= 15 is 0 Å². The average Bonchev–Trinajstić information content (AvgIpc) is 3.41. The molecule has 0 atom stereocenters. The summed E-state index contributed by atoms with van der Waals surface area (Å²) in [5.41, 5.74) is 2.80. The lowest BCUT2D eigenvalue weighted by Gasteiger charge is -2.12. The van der Waals surface area contributed by atoms with E-state index in [1.807, 2.05) is 19.1 Å². The smallest absolute Gasteiger partial charge is 0.338 e. The van der Waals surface area contributed by atoms with Gasteiger partial charge in [0.25, 0.3) is 11.1 Å². The Bertz CT molecular complexity index is 1310. The highest BCUT2D eigenvalue weighted by Gasteiger charge is 2.36. The van der Waals surface area contributed by atoms with Crippen LogP contribution in [0.15, 0.2) is 70.0 Å². The monoisotopic (exact) mass is 490 g/mol. The minimum Gasteiger partial charge on any atom is -0.462 e. The van der Waals surface area contributed by atoms with Gasteiger partial charge in [-0.2, -0.15) is 0 Å². The summed E-state index contributed by atoms with van der Waals surface area (Å²) < 4.78 is 10.8. The third kappa shape index (κ3) is 5.70. The van der Waals surface area contributed by atoms with Crippen molar-refractivity contribution >= 4 is 46.5 Å². The molecule has 4 rings (SSSR count). The van der Waals surface area contributed by atoms with Crippen LogP contribution in [0.4, 0.5) is 10.5 Å². The maximum atomic E-state index is 12.7. The normalized spacial score (nSPS) is 14.5. The summed E-state index contributed by atoms with van der Waals surface area (Å²) in [5, 5.41) is 2.15. The Morgan fingerprint density at radius 2 is 1.74 bits per heavy atom. The number of rotatable bonds is 7. The Morgan fingerprint density at radius 1 is 1.03 bits per heavy atom. The number of carbonyl (C=O) groups is 4. The first-order valence-electron chi connectivity index (χ1n) is 10.8. The van der Waals surface area contributed by atoms with Gasteiger partial charge in [0.2, 0.25) is 5.91 Å². The van der Waals surface area contributed by atoms with Gasteiger partial charge in [-0.1, -0.05) is 29.8 Å². The van der Waals surface area contributed by atoms with Gasteiger partial charge in [0.15, 0.2) is 0 Å². The van der Waals surface area contributed by atoms with Crippen LogP contribution in [-0.2, 0) is 14.3 Å². The molecule has 0 aliphatic carbocycles. The van der Waals surface area contributed by atoms with Crippen molar-refractivity contribution in [3.05, 3.63) is 82.5 Å². The van der Waals surface area contributed by atoms with E-state index < -0.39 is 23.0 Å². The predicted octanol–water partition coefficient (Wildman–Crippen LogP) is 5.11. The van der Waals surface area contributed by atoms with Crippen LogP contribution in [0.3, 0.4) is 0 Å². The first kappa shape index (κ1) is 24.0. The van der Waals surface area contributed by atoms with Crippen molar-refractivity contribution in [1.29, 1.82) is 0 Å². The van der Waals surface area contributed by atoms with Crippen molar-refractivity contribution in [2.24, 2.45) is 0 Å². The topological polar surface area (TPSA) is 106 Å². The Morgan fingerprint density at radius 3 is 2.43 bits per heavy atom. The summed E-state index contributed by atoms with van der Waals surface area (Å²) in [6.07, 6.45) is 1.47. The number of hydrogen-bond acceptors (Lipinski definition) is 7. The first-order valence-corrected chi connectivity index (χ1v) is 11.6. The third-order valence-electron chi connectivity index (χ3n) is 5.09. The van der Waals surface area contributed by atoms with Crippen molar-refractivity contribution in [1.82, 2.24) is 4.90 Å². The molecule has 0 unspecified atom stereocenters. The summed E-state index contributed by atoms with van der Waals surface area (Å²) in [6.45, 7) is 3.59. The number of aryl methyl sites for hydroxylation is 1. The molecular weight excluding hydrogens is 468 g/mol. The third-order valence-corrected chi connectivity index (χ3v) is 6.00. The van der Waals surface area contributed by atoms with Crippen LogP contribution in [0.25, 0.3) is 17.4 Å². The number of thioether (sulfide) groups is 1. The molecule has 1 aromatic heterocycles. The van der Waals surface area contributed by atoms with E-state index in [-0.39, 0.29) is 11.4 Å². The van der Waals surface area contributed by atoms with Gasteiger partial charge in [-0.25, -0.2) is 4.79 Å². The highest BCUT2D eigenvalue weighted by molar-refractivity contribution is 8.18. The zero-order valence-corrected chi connectivity index (χ0v) is 19.9. The molecule has 0 spiro atoms. The number of hydrogen-bond donors (Lipinski definition) is 1. The number of nitrogens with zero attached hydrogens (tertiary/aromatic N) is 1. The molecule has 35 heavy (non-hydrogen) atoms.